The molecule has 0 bridgehead atoms. The molecule has 88 valence electrons. The molecule has 0 atom stereocenters. The fraction of sp³-hybridized carbons (Fsp3) is 0.294. The van der Waals surface area contributed by atoms with Crippen LogP contribution in [0, 0.1) is 6.92 Å². The molecule has 0 unspecified atom stereocenters. The molecule has 1 aliphatic carbocycles. The second kappa shape index (κ2) is 5.18. The summed E-state index contributed by atoms with van der Waals surface area (Å²) in [5.74, 6) is 0. The Morgan fingerprint density at radius 2 is 1.82 bits per heavy atom. The summed E-state index contributed by atoms with van der Waals surface area (Å²) in [6, 6.07) is 11.0. The Kier molecular flexibility index (Phi) is 3.63. The van der Waals surface area contributed by atoms with E-state index >= 15 is 0 Å². The summed E-state index contributed by atoms with van der Waals surface area (Å²) in [6.45, 7) is 6.21. The normalized spacial score (nSPS) is 12.9. The van der Waals surface area contributed by atoms with Crippen molar-refractivity contribution < 1.29 is 0 Å². The Bertz CT molecular complexity index is 547. The fourth-order valence-electron chi connectivity index (χ4n) is 2.52. The maximum Gasteiger partial charge on any atom is -0.0146 e. The summed E-state index contributed by atoms with van der Waals surface area (Å²) in [5, 5.41) is 2.81. The zero-order chi connectivity index (χ0) is 12.3. The van der Waals surface area contributed by atoms with Crippen molar-refractivity contribution in [2.45, 2.75) is 33.6 Å². The van der Waals surface area contributed by atoms with Crippen LogP contribution < -0.4 is 0 Å². The van der Waals surface area contributed by atoms with E-state index in [9.17, 15) is 0 Å². The smallest absolute Gasteiger partial charge is 0.0146 e. The molecule has 1 aliphatic rings. The van der Waals surface area contributed by atoms with Gasteiger partial charge in [-0.25, -0.2) is 0 Å². The molecule has 0 aromatic heterocycles. The van der Waals surface area contributed by atoms with E-state index < -0.39 is 0 Å². The molecule has 0 N–H and O–H groups in total. The number of aryl methyl sites for hydroxylation is 2. The molecule has 2 aromatic carbocycles. The van der Waals surface area contributed by atoms with E-state index in [1.807, 2.05) is 13.8 Å². The Hall–Kier alpha value is -1.56. The van der Waals surface area contributed by atoms with Gasteiger partial charge in [-0.15, -0.1) is 0 Å². The molecular formula is C17H20. The highest BCUT2D eigenvalue weighted by molar-refractivity contribution is 5.90. The van der Waals surface area contributed by atoms with Gasteiger partial charge < -0.3 is 0 Å². The summed E-state index contributed by atoms with van der Waals surface area (Å²) in [5.41, 5.74) is 4.38. The lowest BCUT2D eigenvalue weighted by Gasteiger charge is -2.16. The van der Waals surface area contributed by atoms with E-state index in [-0.39, 0.29) is 0 Å². The van der Waals surface area contributed by atoms with Crippen molar-refractivity contribution in [1.82, 2.24) is 0 Å². The van der Waals surface area contributed by atoms with Crippen molar-refractivity contribution in [3.05, 3.63) is 53.1 Å². The van der Waals surface area contributed by atoms with Crippen molar-refractivity contribution in [2.24, 2.45) is 0 Å². The first-order valence-corrected chi connectivity index (χ1v) is 6.54. The van der Waals surface area contributed by atoms with Crippen LogP contribution in [0.5, 0.6) is 0 Å². The number of fused-ring (bicyclic) bond motifs is 3. The molecule has 2 aromatic rings. The third-order valence-electron chi connectivity index (χ3n) is 3.25. The molecular weight excluding hydrogens is 204 g/mol. The summed E-state index contributed by atoms with van der Waals surface area (Å²) in [6.07, 6.45) is 6.93. The second-order valence-electron chi connectivity index (χ2n) is 4.25. The molecule has 0 saturated carbocycles. The summed E-state index contributed by atoms with van der Waals surface area (Å²) in [7, 11) is 0. The van der Waals surface area contributed by atoms with Gasteiger partial charge in [0, 0.05) is 0 Å². The Balaban J connectivity index is 0.000000514. The van der Waals surface area contributed by atoms with Crippen molar-refractivity contribution in [3.63, 3.8) is 0 Å². The molecule has 3 rings (SSSR count). The third-order valence-corrected chi connectivity index (χ3v) is 3.25. The lowest BCUT2D eigenvalue weighted by Crippen LogP contribution is -1.98. The average Bonchev–Trinajstić information content (AvgIpc) is 2.42. The molecule has 0 radical (unpaired) electrons. The summed E-state index contributed by atoms with van der Waals surface area (Å²) >= 11 is 0. The van der Waals surface area contributed by atoms with Crippen molar-refractivity contribution in [3.8, 4) is 0 Å². The van der Waals surface area contributed by atoms with Gasteiger partial charge in [-0.3, -0.25) is 0 Å². The zero-order valence-electron chi connectivity index (χ0n) is 11.0. The molecule has 0 nitrogen and oxygen atoms in total. The Labute approximate surface area is 104 Å². The van der Waals surface area contributed by atoms with Gasteiger partial charge in [-0.05, 0) is 47.2 Å². The van der Waals surface area contributed by atoms with Gasteiger partial charge in [-0.2, -0.15) is 0 Å². The largest absolute Gasteiger partial charge is 0.0836 e. The predicted octanol–water partition coefficient (Wildman–Crippen LogP) is 5.13. The molecule has 0 heteroatoms. The van der Waals surface area contributed by atoms with Gasteiger partial charge >= 0.3 is 0 Å². The number of rotatable bonds is 0. The van der Waals surface area contributed by atoms with Crippen LogP contribution in [-0.4, -0.2) is 0 Å². The number of hydrogen-bond acceptors (Lipinski definition) is 0. The average molecular weight is 224 g/mol. The predicted molar refractivity (Wildman–Crippen MR) is 77.4 cm³/mol. The third kappa shape index (κ3) is 2.12. The molecule has 0 saturated heterocycles. The van der Waals surface area contributed by atoms with Crippen LogP contribution in [-0.2, 0) is 6.42 Å². The number of hydrogen-bond donors (Lipinski definition) is 0. The van der Waals surface area contributed by atoms with E-state index in [1.165, 1.54) is 40.3 Å². The minimum Gasteiger partial charge on any atom is -0.0836 e. The van der Waals surface area contributed by atoms with Crippen LogP contribution in [0.2, 0.25) is 0 Å². The Morgan fingerprint density at radius 1 is 1.06 bits per heavy atom. The maximum absolute atomic E-state index is 2.30. The van der Waals surface area contributed by atoms with Crippen LogP contribution in [0.15, 0.2) is 36.4 Å². The van der Waals surface area contributed by atoms with Crippen LogP contribution in [0.1, 0.15) is 37.0 Å². The quantitative estimate of drug-likeness (QED) is 0.581. The molecule has 0 aliphatic heterocycles. The molecule has 0 fully saturated rings. The SMILES string of the molecule is CC.Cc1cc2ccccc2c2c1C=CCC2. The highest BCUT2D eigenvalue weighted by Crippen LogP contribution is 2.30. The van der Waals surface area contributed by atoms with Crippen LogP contribution in [0.4, 0.5) is 0 Å². The van der Waals surface area contributed by atoms with Gasteiger partial charge in [0.05, 0.1) is 0 Å². The van der Waals surface area contributed by atoms with Gasteiger partial charge in [0.25, 0.3) is 0 Å². The molecule has 17 heavy (non-hydrogen) atoms. The van der Waals surface area contributed by atoms with Gasteiger partial charge in [0.2, 0.25) is 0 Å². The highest BCUT2D eigenvalue weighted by Gasteiger charge is 2.10. The monoisotopic (exact) mass is 224 g/mol. The zero-order valence-corrected chi connectivity index (χ0v) is 11.0. The lowest BCUT2D eigenvalue weighted by atomic mass is 9.89. The summed E-state index contributed by atoms with van der Waals surface area (Å²) < 4.78 is 0. The summed E-state index contributed by atoms with van der Waals surface area (Å²) in [4.78, 5) is 0. The van der Waals surface area contributed by atoms with Crippen molar-refractivity contribution >= 4 is 16.8 Å². The first-order chi connectivity index (χ1) is 8.36. The van der Waals surface area contributed by atoms with E-state index in [2.05, 4.69) is 49.4 Å². The van der Waals surface area contributed by atoms with Crippen LogP contribution >= 0.6 is 0 Å². The lowest BCUT2D eigenvalue weighted by molar-refractivity contribution is 0.993. The van der Waals surface area contributed by atoms with Crippen LogP contribution in [0.3, 0.4) is 0 Å². The fourth-order valence-corrected chi connectivity index (χ4v) is 2.52. The topological polar surface area (TPSA) is 0 Å². The maximum atomic E-state index is 2.30. The Morgan fingerprint density at radius 3 is 2.65 bits per heavy atom. The molecule has 0 amide bonds. The van der Waals surface area contributed by atoms with Crippen LogP contribution in [0.25, 0.3) is 16.8 Å². The van der Waals surface area contributed by atoms with Crippen molar-refractivity contribution in [1.29, 1.82) is 0 Å². The molecule has 0 heterocycles. The van der Waals surface area contributed by atoms with E-state index in [0.29, 0.717) is 0 Å². The van der Waals surface area contributed by atoms with Gasteiger partial charge in [0.1, 0.15) is 0 Å². The number of benzene rings is 2. The van der Waals surface area contributed by atoms with E-state index in [1.54, 1.807) is 0 Å². The van der Waals surface area contributed by atoms with E-state index in [0.717, 1.165) is 0 Å². The number of allylic oxidation sites excluding steroid dienone is 1. The first kappa shape index (κ1) is 11.9. The van der Waals surface area contributed by atoms with Gasteiger partial charge in [0.15, 0.2) is 0 Å². The molecule has 0 spiro atoms. The highest BCUT2D eigenvalue weighted by atomic mass is 14.1. The minimum atomic E-state index is 1.18. The second-order valence-corrected chi connectivity index (χ2v) is 4.25. The van der Waals surface area contributed by atoms with Crippen molar-refractivity contribution in [2.75, 3.05) is 0 Å². The van der Waals surface area contributed by atoms with Gasteiger partial charge in [-0.1, -0.05) is 56.3 Å². The standard InChI is InChI=1S/C15H14.C2H6/c1-11-10-12-6-2-3-8-14(12)15-9-5-4-7-13(11)15;1-2/h2-4,6-8,10H,5,9H2,1H3;1-2H3. The van der Waals surface area contributed by atoms with E-state index in [4.69, 9.17) is 0 Å². The first-order valence-electron chi connectivity index (χ1n) is 6.54. The minimum absolute atomic E-state index is 1.18.